The molecule has 0 spiro atoms. The molecule has 1 saturated heterocycles. The lowest BCUT2D eigenvalue weighted by atomic mass is 10.1. The van der Waals surface area contributed by atoms with Crippen molar-refractivity contribution in [3.8, 4) is 11.5 Å². The molecule has 8 nitrogen and oxygen atoms in total. The first-order valence-electron chi connectivity index (χ1n) is 10.4. The molecule has 0 atom stereocenters. The number of methoxy groups -OCH3 is 1. The number of carbonyl (C=O) groups excluding carboxylic acids is 2. The number of benzene rings is 3. The molecule has 0 aromatic heterocycles. The van der Waals surface area contributed by atoms with Gasteiger partial charge in [0.15, 0.2) is 11.5 Å². The Kier molecular flexibility index (Phi) is 7.71. The average molecular weight is 602 g/mol. The Labute approximate surface area is 219 Å². The van der Waals surface area contributed by atoms with Crippen molar-refractivity contribution in [1.29, 1.82) is 0 Å². The van der Waals surface area contributed by atoms with Gasteiger partial charge in [-0.25, -0.2) is 0 Å². The molecule has 1 aliphatic rings. The highest BCUT2D eigenvalue weighted by Gasteiger charge is 2.35. The fourth-order valence-corrected chi connectivity index (χ4v) is 4.57. The zero-order chi connectivity index (χ0) is 24.9. The molecule has 10 heteroatoms. The van der Waals surface area contributed by atoms with E-state index in [1.807, 2.05) is 24.3 Å². The van der Waals surface area contributed by atoms with E-state index in [4.69, 9.17) is 9.47 Å². The van der Waals surface area contributed by atoms with E-state index in [1.165, 1.54) is 24.1 Å². The Balaban J connectivity index is 1.47. The van der Waals surface area contributed by atoms with E-state index in [0.29, 0.717) is 27.5 Å². The summed E-state index contributed by atoms with van der Waals surface area (Å²) in [5, 5.41) is 10.6. The van der Waals surface area contributed by atoms with Gasteiger partial charge >= 0.3 is 0 Å². The summed E-state index contributed by atoms with van der Waals surface area (Å²) in [6, 6.07) is 19.0. The summed E-state index contributed by atoms with van der Waals surface area (Å²) < 4.78 is 12.3. The molecule has 0 N–H and O–H groups in total. The lowest BCUT2D eigenvalue weighted by molar-refractivity contribution is -0.384. The molecule has 4 rings (SSSR count). The average Bonchev–Trinajstić information content (AvgIpc) is 3.11. The first kappa shape index (κ1) is 24.7. The summed E-state index contributed by atoms with van der Waals surface area (Å²) in [4.78, 5) is 37.4. The minimum atomic E-state index is -0.457. The minimum absolute atomic E-state index is 0.00983. The van der Waals surface area contributed by atoms with Crippen molar-refractivity contribution in [3.05, 3.63) is 102 Å². The second-order valence-electron chi connectivity index (χ2n) is 7.52. The topological polar surface area (TPSA) is 99.0 Å². The summed E-state index contributed by atoms with van der Waals surface area (Å²) in [6.07, 6.45) is 1.64. The Morgan fingerprint density at radius 1 is 1.03 bits per heavy atom. The molecular formula is C25H19IN2O6S. The second-order valence-corrected chi connectivity index (χ2v) is 9.76. The van der Waals surface area contributed by atoms with Gasteiger partial charge in [-0.1, -0.05) is 30.3 Å². The number of ether oxygens (including phenoxy) is 2. The maximum Gasteiger partial charge on any atom is 0.293 e. The number of amides is 2. The van der Waals surface area contributed by atoms with E-state index in [2.05, 4.69) is 22.6 Å². The SMILES string of the molecule is COc1cc(/C=C2/SC(=O)N(Cc3ccc(I)cc3)C2=O)ccc1OCc1cccc([N+](=O)[O-])c1. The van der Waals surface area contributed by atoms with Crippen LogP contribution in [0.5, 0.6) is 11.5 Å². The second kappa shape index (κ2) is 10.9. The van der Waals surface area contributed by atoms with Gasteiger partial charge in [0.25, 0.3) is 16.8 Å². The maximum atomic E-state index is 12.9. The summed E-state index contributed by atoms with van der Waals surface area (Å²) in [7, 11) is 1.49. The van der Waals surface area contributed by atoms with E-state index < -0.39 is 4.92 Å². The van der Waals surface area contributed by atoms with E-state index in [1.54, 1.807) is 36.4 Å². The summed E-state index contributed by atoms with van der Waals surface area (Å²) >= 11 is 3.10. The van der Waals surface area contributed by atoms with Gasteiger partial charge in [0.05, 0.1) is 23.5 Å². The highest BCUT2D eigenvalue weighted by molar-refractivity contribution is 14.1. The number of hydrogen-bond acceptors (Lipinski definition) is 7. The highest BCUT2D eigenvalue weighted by atomic mass is 127. The van der Waals surface area contributed by atoms with Crippen molar-refractivity contribution >= 4 is 57.3 Å². The Morgan fingerprint density at radius 3 is 2.51 bits per heavy atom. The standard InChI is InChI=1S/C25H19IN2O6S/c1-33-22-12-17(7-10-21(22)34-15-18-3-2-4-20(11-18)28(31)32)13-23-24(29)27(25(30)35-23)14-16-5-8-19(26)9-6-16/h2-13H,14-15H2,1H3/b23-13+. The summed E-state index contributed by atoms with van der Waals surface area (Å²) in [6.45, 7) is 0.335. The predicted octanol–water partition coefficient (Wildman–Crippen LogP) is 6.02. The first-order valence-corrected chi connectivity index (χ1v) is 12.3. The van der Waals surface area contributed by atoms with E-state index in [-0.39, 0.29) is 30.0 Å². The Hall–Kier alpha value is -3.38. The van der Waals surface area contributed by atoms with Gasteiger partial charge in [0.1, 0.15) is 6.61 Å². The third kappa shape index (κ3) is 6.01. The predicted molar refractivity (Wildman–Crippen MR) is 141 cm³/mol. The van der Waals surface area contributed by atoms with Crippen molar-refractivity contribution in [2.24, 2.45) is 0 Å². The molecule has 35 heavy (non-hydrogen) atoms. The van der Waals surface area contributed by atoms with Gasteiger partial charge < -0.3 is 9.47 Å². The molecule has 2 amide bonds. The number of halogens is 1. The fourth-order valence-electron chi connectivity index (χ4n) is 3.37. The van der Waals surface area contributed by atoms with Crippen LogP contribution in [0, 0.1) is 13.7 Å². The third-order valence-corrected chi connectivity index (χ3v) is 6.76. The number of thioether (sulfide) groups is 1. The molecule has 3 aromatic carbocycles. The van der Waals surface area contributed by atoms with Crippen LogP contribution in [-0.4, -0.2) is 28.1 Å². The lowest BCUT2D eigenvalue weighted by Crippen LogP contribution is -2.27. The van der Waals surface area contributed by atoms with Crippen LogP contribution in [0.2, 0.25) is 0 Å². The molecule has 0 bridgehead atoms. The third-order valence-electron chi connectivity index (χ3n) is 5.13. The van der Waals surface area contributed by atoms with Crippen molar-refractivity contribution in [3.63, 3.8) is 0 Å². The van der Waals surface area contributed by atoms with Gasteiger partial charge in [-0.15, -0.1) is 0 Å². The molecule has 3 aromatic rings. The van der Waals surface area contributed by atoms with Gasteiger partial charge in [0, 0.05) is 15.7 Å². The fraction of sp³-hybridized carbons (Fsp3) is 0.120. The van der Waals surface area contributed by atoms with Crippen LogP contribution < -0.4 is 9.47 Å². The largest absolute Gasteiger partial charge is 0.493 e. The van der Waals surface area contributed by atoms with Gasteiger partial charge in [-0.2, -0.15) is 0 Å². The maximum absolute atomic E-state index is 12.9. The molecule has 1 heterocycles. The minimum Gasteiger partial charge on any atom is -0.493 e. The Bertz CT molecular complexity index is 1330. The van der Waals surface area contributed by atoms with Crippen LogP contribution in [0.15, 0.2) is 71.6 Å². The zero-order valence-electron chi connectivity index (χ0n) is 18.5. The van der Waals surface area contributed by atoms with Crippen LogP contribution in [0.25, 0.3) is 6.08 Å². The van der Waals surface area contributed by atoms with Crippen molar-refractivity contribution in [1.82, 2.24) is 4.90 Å². The summed E-state index contributed by atoms with van der Waals surface area (Å²) in [5.41, 5.74) is 2.18. The van der Waals surface area contributed by atoms with E-state index >= 15 is 0 Å². The van der Waals surface area contributed by atoms with Gasteiger partial charge in [0.2, 0.25) is 0 Å². The molecule has 0 aliphatic carbocycles. The molecule has 1 fully saturated rings. The molecule has 0 unspecified atom stereocenters. The van der Waals surface area contributed by atoms with Crippen LogP contribution in [0.3, 0.4) is 0 Å². The van der Waals surface area contributed by atoms with Crippen molar-refractivity contribution in [2.75, 3.05) is 7.11 Å². The van der Waals surface area contributed by atoms with E-state index in [9.17, 15) is 19.7 Å². The quantitative estimate of drug-likeness (QED) is 0.135. The number of hydrogen-bond donors (Lipinski definition) is 0. The number of nitro groups is 1. The number of rotatable bonds is 8. The van der Waals surface area contributed by atoms with E-state index in [0.717, 1.165) is 20.9 Å². The first-order chi connectivity index (χ1) is 16.8. The van der Waals surface area contributed by atoms with Crippen molar-refractivity contribution in [2.45, 2.75) is 13.2 Å². The molecule has 178 valence electrons. The van der Waals surface area contributed by atoms with Crippen molar-refractivity contribution < 1.29 is 24.0 Å². The number of imide groups is 1. The Morgan fingerprint density at radius 2 is 1.80 bits per heavy atom. The molecule has 0 saturated carbocycles. The molecule has 0 radical (unpaired) electrons. The van der Waals surface area contributed by atoms with Crippen LogP contribution >= 0.6 is 34.4 Å². The van der Waals surface area contributed by atoms with Crippen LogP contribution in [0.1, 0.15) is 16.7 Å². The normalized spacial score (nSPS) is 14.5. The van der Waals surface area contributed by atoms with Crippen LogP contribution in [0.4, 0.5) is 10.5 Å². The number of nitrogens with zero attached hydrogens (tertiary/aromatic N) is 2. The highest BCUT2D eigenvalue weighted by Crippen LogP contribution is 2.35. The molecule has 1 aliphatic heterocycles. The van der Waals surface area contributed by atoms with Crippen LogP contribution in [-0.2, 0) is 17.9 Å². The molecular weight excluding hydrogens is 583 g/mol. The number of nitro benzene ring substituents is 1. The van der Waals surface area contributed by atoms with Gasteiger partial charge in [-0.3, -0.25) is 24.6 Å². The smallest absolute Gasteiger partial charge is 0.293 e. The lowest BCUT2D eigenvalue weighted by Gasteiger charge is -2.12. The monoisotopic (exact) mass is 602 g/mol. The summed E-state index contributed by atoms with van der Waals surface area (Å²) in [5.74, 6) is 0.536. The zero-order valence-corrected chi connectivity index (χ0v) is 21.4. The van der Waals surface area contributed by atoms with Gasteiger partial charge in [-0.05, 0) is 81.4 Å². The number of carbonyl (C=O) groups is 2. The number of non-ortho nitro benzene ring substituents is 1.